The summed E-state index contributed by atoms with van der Waals surface area (Å²) in [7, 11) is -2.73. The van der Waals surface area contributed by atoms with Gasteiger partial charge in [-0.25, -0.2) is 0 Å². The SMILES string of the molecule is O=[PH](O)OCCCCc1ccccc1. The molecule has 0 saturated carbocycles. The zero-order chi connectivity index (χ0) is 10.2. The van der Waals surface area contributed by atoms with Crippen LogP contribution in [0.25, 0.3) is 0 Å². The topological polar surface area (TPSA) is 46.5 Å². The molecule has 3 nitrogen and oxygen atoms in total. The van der Waals surface area contributed by atoms with Gasteiger partial charge in [0.05, 0.1) is 6.61 Å². The number of benzene rings is 1. The van der Waals surface area contributed by atoms with Gasteiger partial charge in [0.1, 0.15) is 0 Å². The molecule has 1 aromatic rings. The van der Waals surface area contributed by atoms with E-state index in [4.69, 9.17) is 4.89 Å². The molecule has 1 rings (SSSR count). The van der Waals surface area contributed by atoms with E-state index in [1.54, 1.807) is 0 Å². The quantitative estimate of drug-likeness (QED) is 0.584. The number of unbranched alkanes of at least 4 members (excludes halogenated alkanes) is 1. The Hall–Kier alpha value is -0.630. The van der Waals surface area contributed by atoms with Crippen molar-refractivity contribution in [1.29, 1.82) is 0 Å². The Bertz CT molecular complexity index is 274. The van der Waals surface area contributed by atoms with E-state index in [1.807, 2.05) is 18.2 Å². The first-order chi connectivity index (χ1) is 6.79. The molecule has 0 spiro atoms. The Morgan fingerprint density at radius 1 is 1.21 bits per heavy atom. The lowest BCUT2D eigenvalue weighted by molar-refractivity contribution is 0.275. The van der Waals surface area contributed by atoms with Crippen LogP contribution in [-0.2, 0) is 15.5 Å². The standard InChI is InChI=1S/C10H15O3P/c11-14(12)13-9-5-4-8-10-6-2-1-3-7-10/h1-3,6-7,14H,4-5,8-9H2,(H,11,12). The lowest BCUT2D eigenvalue weighted by Crippen LogP contribution is -1.90. The van der Waals surface area contributed by atoms with E-state index in [0.717, 1.165) is 19.3 Å². The molecule has 1 atom stereocenters. The molecule has 1 N–H and O–H groups in total. The molecule has 78 valence electrons. The summed E-state index contributed by atoms with van der Waals surface area (Å²) in [5.41, 5.74) is 1.30. The van der Waals surface area contributed by atoms with Gasteiger partial charge < -0.3 is 9.42 Å². The van der Waals surface area contributed by atoms with Crippen LogP contribution < -0.4 is 0 Å². The highest BCUT2D eigenvalue weighted by molar-refractivity contribution is 7.32. The zero-order valence-corrected chi connectivity index (χ0v) is 8.98. The van der Waals surface area contributed by atoms with Crippen LogP contribution in [0.15, 0.2) is 30.3 Å². The van der Waals surface area contributed by atoms with E-state index in [2.05, 4.69) is 16.7 Å². The maximum Gasteiger partial charge on any atom is 0.316 e. The maximum atomic E-state index is 10.2. The Labute approximate surface area is 84.7 Å². The van der Waals surface area contributed by atoms with Crippen LogP contribution in [0.1, 0.15) is 18.4 Å². The van der Waals surface area contributed by atoms with E-state index in [0.29, 0.717) is 6.61 Å². The van der Waals surface area contributed by atoms with Crippen LogP contribution in [0, 0.1) is 0 Å². The Kier molecular flexibility index (Phi) is 5.53. The van der Waals surface area contributed by atoms with E-state index in [9.17, 15) is 4.57 Å². The molecule has 0 bridgehead atoms. The lowest BCUT2D eigenvalue weighted by atomic mass is 10.1. The number of hydrogen-bond acceptors (Lipinski definition) is 2. The van der Waals surface area contributed by atoms with Crippen LogP contribution in [0.3, 0.4) is 0 Å². The molecular formula is C10H15O3P. The molecule has 0 heterocycles. The second-order valence-corrected chi connectivity index (χ2v) is 3.88. The summed E-state index contributed by atoms with van der Waals surface area (Å²) in [5, 5.41) is 0. The molecule has 0 aliphatic heterocycles. The third-order valence-electron chi connectivity index (χ3n) is 1.93. The van der Waals surface area contributed by atoms with Gasteiger partial charge in [-0.05, 0) is 24.8 Å². The van der Waals surface area contributed by atoms with E-state index in [1.165, 1.54) is 5.56 Å². The summed E-state index contributed by atoms with van der Waals surface area (Å²) in [6, 6.07) is 10.2. The highest BCUT2D eigenvalue weighted by Crippen LogP contribution is 2.15. The van der Waals surface area contributed by atoms with Crippen molar-refractivity contribution in [3.8, 4) is 0 Å². The van der Waals surface area contributed by atoms with Gasteiger partial charge >= 0.3 is 8.25 Å². The first kappa shape index (κ1) is 11.4. The van der Waals surface area contributed by atoms with Crippen molar-refractivity contribution in [3.63, 3.8) is 0 Å². The largest absolute Gasteiger partial charge is 0.326 e. The normalized spacial score (nSPS) is 12.6. The maximum absolute atomic E-state index is 10.2. The monoisotopic (exact) mass is 214 g/mol. The first-order valence-electron chi connectivity index (χ1n) is 4.68. The van der Waals surface area contributed by atoms with Gasteiger partial charge in [0, 0.05) is 0 Å². The van der Waals surface area contributed by atoms with Crippen molar-refractivity contribution >= 4 is 8.25 Å². The summed E-state index contributed by atoms with van der Waals surface area (Å²) >= 11 is 0. The Balaban J connectivity index is 2.08. The lowest BCUT2D eigenvalue weighted by Gasteiger charge is -2.01. The van der Waals surface area contributed by atoms with Gasteiger partial charge in [-0.3, -0.25) is 4.57 Å². The summed E-state index contributed by atoms with van der Waals surface area (Å²) in [6.45, 7) is 0.376. The third-order valence-corrected chi connectivity index (χ3v) is 2.38. The fourth-order valence-electron chi connectivity index (χ4n) is 1.24. The van der Waals surface area contributed by atoms with E-state index < -0.39 is 8.25 Å². The van der Waals surface area contributed by atoms with Crippen molar-refractivity contribution in [1.82, 2.24) is 0 Å². The number of hydrogen-bond donors (Lipinski definition) is 1. The van der Waals surface area contributed by atoms with Crippen LogP contribution in [0.5, 0.6) is 0 Å². The molecule has 0 saturated heterocycles. The molecule has 0 fully saturated rings. The number of aryl methyl sites for hydroxylation is 1. The van der Waals surface area contributed by atoms with Crippen LogP contribution in [0.2, 0.25) is 0 Å². The molecule has 0 aliphatic carbocycles. The Morgan fingerprint density at radius 2 is 1.93 bits per heavy atom. The van der Waals surface area contributed by atoms with Crippen molar-refractivity contribution in [2.75, 3.05) is 6.61 Å². The van der Waals surface area contributed by atoms with Gasteiger partial charge in [0.15, 0.2) is 0 Å². The van der Waals surface area contributed by atoms with Gasteiger partial charge in [-0.2, -0.15) is 0 Å². The minimum Gasteiger partial charge on any atom is -0.326 e. The molecule has 14 heavy (non-hydrogen) atoms. The minimum atomic E-state index is -2.73. The van der Waals surface area contributed by atoms with Crippen molar-refractivity contribution in [2.45, 2.75) is 19.3 Å². The van der Waals surface area contributed by atoms with Gasteiger partial charge in [0.25, 0.3) is 0 Å². The first-order valence-corrected chi connectivity index (χ1v) is 5.95. The van der Waals surface area contributed by atoms with Gasteiger partial charge in [-0.15, -0.1) is 0 Å². The smallest absolute Gasteiger partial charge is 0.316 e. The molecule has 4 heteroatoms. The Morgan fingerprint density at radius 3 is 2.57 bits per heavy atom. The summed E-state index contributed by atoms with van der Waals surface area (Å²) in [5.74, 6) is 0. The van der Waals surface area contributed by atoms with Crippen molar-refractivity contribution in [3.05, 3.63) is 35.9 Å². The van der Waals surface area contributed by atoms with Crippen LogP contribution in [-0.4, -0.2) is 11.5 Å². The minimum absolute atomic E-state index is 0.376. The van der Waals surface area contributed by atoms with Gasteiger partial charge in [-0.1, -0.05) is 30.3 Å². The molecule has 0 amide bonds. The van der Waals surface area contributed by atoms with E-state index in [-0.39, 0.29) is 0 Å². The fraction of sp³-hybridized carbons (Fsp3) is 0.400. The predicted octanol–water partition coefficient (Wildman–Crippen LogP) is 2.41. The third kappa shape index (κ3) is 5.18. The second-order valence-electron chi connectivity index (χ2n) is 3.06. The fourth-order valence-corrected chi connectivity index (χ4v) is 1.55. The molecule has 0 radical (unpaired) electrons. The van der Waals surface area contributed by atoms with E-state index >= 15 is 0 Å². The zero-order valence-electron chi connectivity index (χ0n) is 7.98. The molecule has 1 aromatic carbocycles. The predicted molar refractivity (Wildman–Crippen MR) is 56.6 cm³/mol. The summed E-state index contributed by atoms with van der Waals surface area (Å²) < 4.78 is 14.8. The van der Waals surface area contributed by atoms with Crippen molar-refractivity contribution in [2.24, 2.45) is 0 Å². The summed E-state index contributed by atoms with van der Waals surface area (Å²) in [6.07, 6.45) is 2.81. The average molecular weight is 214 g/mol. The van der Waals surface area contributed by atoms with Crippen molar-refractivity contribution < 1.29 is 14.0 Å². The van der Waals surface area contributed by atoms with Crippen LogP contribution >= 0.6 is 8.25 Å². The average Bonchev–Trinajstić information content (AvgIpc) is 2.18. The molecule has 0 aliphatic rings. The highest BCUT2D eigenvalue weighted by Gasteiger charge is 1.94. The molecular weight excluding hydrogens is 199 g/mol. The second kappa shape index (κ2) is 6.77. The van der Waals surface area contributed by atoms with Crippen LogP contribution in [0.4, 0.5) is 0 Å². The molecule has 1 unspecified atom stereocenters. The summed E-state index contributed by atoms with van der Waals surface area (Å²) in [4.78, 5) is 8.39. The number of rotatable bonds is 6. The van der Waals surface area contributed by atoms with Gasteiger partial charge in [0.2, 0.25) is 0 Å². The molecule has 0 aromatic heterocycles. The highest BCUT2D eigenvalue weighted by atomic mass is 31.1.